The molecule has 0 fully saturated rings. The number of halogens is 1. The highest BCUT2D eigenvalue weighted by atomic mass is 19.1. The van der Waals surface area contributed by atoms with E-state index in [0.29, 0.717) is 29.7 Å². The molecule has 8 heteroatoms. The lowest BCUT2D eigenvalue weighted by molar-refractivity contribution is 0.0951. The second kappa shape index (κ2) is 8.97. The Morgan fingerprint density at radius 3 is 2.50 bits per heavy atom. The molecule has 0 saturated heterocycles. The summed E-state index contributed by atoms with van der Waals surface area (Å²) in [5.41, 5.74) is 1.14. The third-order valence-electron chi connectivity index (χ3n) is 5.24. The highest BCUT2D eigenvalue weighted by molar-refractivity contribution is 5.97. The SMILES string of the molecule is CCn1c(=O)n(Cc2cccc(F)c2)c(=O)c2cc(C(=O)NCc3ccncc3)ccc21. The molecule has 0 saturated carbocycles. The van der Waals surface area contributed by atoms with Gasteiger partial charge in [-0.05, 0) is 60.5 Å². The smallest absolute Gasteiger partial charge is 0.331 e. The molecule has 1 amide bonds. The summed E-state index contributed by atoms with van der Waals surface area (Å²) in [5, 5.41) is 3.06. The van der Waals surface area contributed by atoms with Crippen molar-refractivity contribution in [2.75, 3.05) is 0 Å². The quantitative estimate of drug-likeness (QED) is 0.508. The van der Waals surface area contributed by atoms with Gasteiger partial charge in [-0.2, -0.15) is 0 Å². The number of benzene rings is 2. The minimum atomic E-state index is -0.525. The molecule has 162 valence electrons. The molecule has 4 aromatic rings. The normalized spacial score (nSPS) is 10.9. The van der Waals surface area contributed by atoms with E-state index in [2.05, 4.69) is 10.3 Å². The Bertz CT molecular complexity index is 1410. The fourth-order valence-electron chi connectivity index (χ4n) is 3.61. The van der Waals surface area contributed by atoms with Gasteiger partial charge < -0.3 is 5.32 Å². The van der Waals surface area contributed by atoms with Crippen LogP contribution in [0.1, 0.15) is 28.4 Å². The van der Waals surface area contributed by atoms with Crippen LogP contribution in [0.4, 0.5) is 4.39 Å². The molecular formula is C24H21FN4O3. The van der Waals surface area contributed by atoms with Gasteiger partial charge in [0.1, 0.15) is 5.82 Å². The highest BCUT2D eigenvalue weighted by Crippen LogP contribution is 2.13. The van der Waals surface area contributed by atoms with Crippen LogP contribution < -0.4 is 16.6 Å². The Hall–Kier alpha value is -4.07. The molecule has 0 spiro atoms. The van der Waals surface area contributed by atoms with E-state index >= 15 is 0 Å². The maximum atomic E-state index is 13.6. The van der Waals surface area contributed by atoms with Crippen LogP contribution in [0.5, 0.6) is 0 Å². The topological polar surface area (TPSA) is 86.0 Å². The Labute approximate surface area is 182 Å². The summed E-state index contributed by atoms with van der Waals surface area (Å²) >= 11 is 0. The van der Waals surface area contributed by atoms with Gasteiger partial charge in [0.2, 0.25) is 0 Å². The van der Waals surface area contributed by atoms with Gasteiger partial charge in [0.05, 0.1) is 17.4 Å². The van der Waals surface area contributed by atoms with Crippen molar-refractivity contribution in [2.45, 2.75) is 26.6 Å². The van der Waals surface area contributed by atoms with Crippen molar-refractivity contribution in [2.24, 2.45) is 0 Å². The molecule has 7 nitrogen and oxygen atoms in total. The number of nitrogens with one attached hydrogen (secondary N) is 1. The predicted molar refractivity (Wildman–Crippen MR) is 119 cm³/mol. The number of hydrogen-bond acceptors (Lipinski definition) is 4. The van der Waals surface area contributed by atoms with Crippen LogP contribution in [-0.4, -0.2) is 20.0 Å². The second-order valence-electron chi connectivity index (χ2n) is 7.32. The molecule has 2 heterocycles. The van der Waals surface area contributed by atoms with Crippen molar-refractivity contribution < 1.29 is 9.18 Å². The molecule has 0 aliphatic rings. The zero-order valence-corrected chi connectivity index (χ0v) is 17.4. The number of hydrogen-bond donors (Lipinski definition) is 1. The fourth-order valence-corrected chi connectivity index (χ4v) is 3.61. The second-order valence-corrected chi connectivity index (χ2v) is 7.32. The van der Waals surface area contributed by atoms with Crippen LogP contribution in [0.3, 0.4) is 0 Å². The zero-order chi connectivity index (χ0) is 22.7. The third kappa shape index (κ3) is 4.20. The zero-order valence-electron chi connectivity index (χ0n) is 17.4. The molecule has 2 aromatic carbocycles. The molecule has 0 radical (unpaired) electrons. The van der Waals surface area contributed by atoms with E-state index in [-0.39, 0.29) is 17.8 Å². The van der Waals surface area contributed by atoms with Gasteiger partial charge in [0.15, 0.2) is 0 Å². The number of aromatic nitrogens is 3. The van der Waals surface area contributed by atoms with Crippen molar-refractivity contribution in [1.29, 1.82) is 0 Å². The number of amides is 1. The lowest BCUT2D eigenvalue weighted by Crippen LogP contribution is -2.40. The molecule has 2 aromatic heterocycles. The number of fused-ring (bicyclic) bond motifs is 1. The summed E-state index contributed by atoms with van der Waals surface area (Å²) in [4.78, 5) is 42.7. The van der Waals surface area contributed by atoms with E-state index in [4.69, 9.17) is 0 Å². The Kier molecular flexibility index (Phi) is 5.93. The molecule has 32 heavy (non-hydrogen) atoms. The molecule has 0 aliphatic heterocycles. The van der Waals surface area contributed by atoms with E-state index < -0.39 is 17.1 Å². The van der Waals surface area contributed by atoms with Gasteiger partial charge in [-0.1, -0.05) is 12.1 Å². The van der Waals surface area contributed by atoms with Crippen molar-refractivity contribution >= 4 is 16.8 Å². The number of carbonyl (C=O) groups excluding carboxylic acids is 1. The van der Waals surface area contributed by atoms with E-state index in [9.17, 15) is 18.8 Å². The molecule has 0 aliphatic carbocycles. The fraction of sp³-hybridized carbons (Fsp3) is 0.167. The molecule has 1 N–H and O–H groups in total. The third-order valence-corrected chi connectivity index (χ3v) is 5.24. The summed E-state index contributed by atoms with van der Waals surface area (Å²) in [5.74, 6) is -0.783. The average molecular weight is 432 g/mol. The van der Waals surface area contributed by atoms with Gasteiger partial charge in [0, 0.05) is 31.0 Å². The van der Waals surface area contributed by atoms with Crippen LogP contribution in [0.15, 0.2) is 76.6 Å². The summed E-state index contributed by atoms with van der Waals surface area (Å²) in [6, 6.07) is 14.0. The first-order valence-corrected chi connectivity index (χ1v) is 10.2. The van der Waals surface area contributed by atoms with E-state index in [1.807, 2.05) is 0 Å². The van der Waals surface area contributed by atoms with Gasteiger partial charge >= 0.3 is 5.69 Å². The monoisotopic (exact) mass is 432 g/mol. The maximum absolute atomic E-state index is 13.6. The Morgan fingerprint density at radius 2 is 1.78 bits per heavy atom. The van der Waals surface area contributed by atoms with Gasteiger partial charge in [-0.15, -0.1) is 0 Å². The van der Waals surface area contributed by atoms with Crippen molar-refractivity contribution in [1.82, 2.24) is 19.4 Å². The van der Waals surface area contributed by atoms with Crippen molar-refractivity contribution in [3.63, 3.8) is 0 Å². The first-order chi connectivity index (χ1) is 15.5. The lowest BCUT2D eigenvalue weighted by atomic mass is 10.1. The molecule has 0 atom stereocenters. The first-order valence-electron chi connectivity index (χ1n) is 10.2. The highest BCUT2D eigenvalue weighted by Gasteiger charge is 2.15. The predicted octanol–water partition coefficient (Wildman–Crippen LogP) is 2.70. The molecule has 0 bridgehead atoms. The van der Waals surface area contributed by atoms with Gasteiger partial charge in [-0.25, -0.2) is 9.18 Å². The van der Waals surface area contributed by atoms with Crippen LogP contribution in [0, 0.1) is 5.82 Å². The number of rotatable bonds is 6. The van der Waals surface area contributed by atoms with Crippen LogP contribution in [-0.2, 0) is 19.6 Å². The standard InChI is InChI=1S/C24H21FN4O3/c1-2-28-21-7-6-18(22(30)27-14-16-8-10-26-11-9-16)13-20(21)23(31)29(24(28)32)15-17-4-3-5-19(25)12-17/h3-13H,2,14-15H2,1H3,(H,27,30). The molecular weight excluding hydrogens is 411 g/mol. The van der Waals surface area contributed by atoms with Crippen LogP contribution >= 0.6 is 0 Å². The van der Waals surface area contributed by atoms with Crippen molar-refractivity contribution in [3.05, 3.63) is 110 Å². The maximum Gasteiger partial charge on any atom is 0.331 e. The lowest BCUT2D eigenvalue weighted by Gasteiger charge is -2.14. The number of pyridine rings is 1. The summed E-state index contributed by atoms with van der Waals surface area (Å²) in [7, 11) is 0. The minimum absolute atomic E-state index is 0.0656. The first kappa shape index (κ1) is 21.2. The largest absolute Gasteiger partial charge is 0.348 e. The number of carbonyl (C=O) groups is 1. The Balaban J connectivity index is 1.73. The van der Waals surface area contributed by atoms with Gasteiger partial charge in [0.25, 0.3) is 11.5 Å². The van der Waals surface area contributed by atoms with E-state index in [0.717, 1.165) is 10.1 Å². The van der Waals surface area contributed by atoms with E-state index in [1.54, 1.807) is 49.6 Å². The van der Waals surface area contributed by atoms with Crippen LogP contribution in [0.2, 0.25) is 0 Å². The summed E-state index contributed by atoms with van der Waals surface area (Å²) < 4.78 is 16.1. The van der Waals surface area contributed by atoms with E-state index in [1.165, 1.54) is 28.8 Å². The van der Waals surface area contributed by atoms with Gasteiger partial charge in [-0.3, -0.25) is 23.7 Å². The van der Waals surface area contributed by atoms with Crippen LogP contribution in [0.25, 0.3) is 10.9 Å². The average Bonchev–Trinajstić information content (AvgIpc) is 2.81. The number of aryl methyl sites for hydroxylation is 1. The summed E-state index contributed by atoms with van der Waals surface area (Å²) in [6.07, 6.45) is 3.28. The number of nitrogens with zero attached hydrogens (tertiary/aromatic N) is 3. The Morgan fingerprint density at radius 1 is 1.00 bits per heavy atom. The minimum Gasteiger partial charge on any atom is -0.348 e. The molecule has 0 unspecified atom stereocenters. The molecule has 4 rings (SSSR count). The summed E-state index contributed by atoms with van der Waals surface area (Å²) in [6.45, 7) is 2.39. The van der Waals surface area contributed by atoms with Crippen molar-refractivity contribution in [3.8, 4) is 0 Å².